The summed E-state index contributed by atoms with van der Waals surface area (Å²) in [6, 6.07) is 5.91. The highest BCUT2D eigenvalue weighted by Crippen LogP contribution is 2.15. The van der Waals surface area contributed by atoms with Gasteiger partial charge in [0, 0.05) is 12.3 Å². The number of nitrogens with zero attached hydrogens (tertiary/aromatic N) is 2. The molecular weight excluding hydrogens is 251 g/mol. The molecule has 0 amide bonds. The molecule has 2 aromatic rings. The number of carbonyl (C=O) groups is 1. The number of hydrogen-bond acceptors (Lipinski definition) is 4. The van der Waals surface area contributed by atoms with E-state index in [1.165, 1.54) is 12.3 Å². The smallest absolute Gasteiger partial charge is 0.362 e. The van der Waals surface area contributed by atoms with Crippen molar-refractivity contribution < 1.29 is 13.9 Å². The quantitative estimate of drug-likeness (QED) is 0.769. The van der Waals surface area contributed by atoms with Gasteiger partial charge in [-0.15, -0.1) is 0 Å². The van der Waals surface area contributed by atoms with Crippen molar-refractivity contribution in [2.75, 3.05) is 7.11 Å². The number of halogens is 1. The molecule has 98 valence electrons. The summed E-state index contributed by atoms with van der Waals surface area (Å²) in [4.78, 5) is 22.9. The average molecular weight is 262 g/mol. The van der Waals surface area contributed by atoms with E-state index >= 15 is 0 Å². The Labute approximate surface area is 108 Å². The van der Waals surface area contributed by atoms with Crippen LogP contribution in [0.5, 0.6) is 0 Å². The predicted molar refractivity (Wildman–Crippen MR) is 65.9 cm³/mol. The zero-order valence-electron chi connectivity index (χ0n) is 10.4. The minimum absolute atomic E-state index is 0.158. The maximum atomic E-state index is 13.9. The fourth-order valence-corrected chi connectivity index (χ4v) is 1.59. The summed E-state index contributed by atoms with van der Waals surface area (Å²) >= 11 is 0. The van der Waals surface area contributed by atoms with Crippen LogP contribution in [-0.4, -0.2) is 22.9 Å². The SMILES string of the molecule is COC(=O)c1nn(-c2cccc(C)c2F)ccc1=O. The highest BCUT2D eigenvalue weighted by molar-refractivity contribution is 5.86. The van der Waals surface area contributed by atoms with Gasteiger partial charge in [-0.3, -0.25) is 4.79 Å². The third-order valence-electron chi connectivity index (χ3n) is 2.61. The van der Waals surface area contributed by atoms with Gasteiger partial charge in [0.25, 0.3) is 0 Å². The minimum atomic E-state index is -0.854. The Kier molecular flexibility index (Phi) is 3.41. The van der Waals surface area contributed by atoms with Gasteiger partial charge in [-0.1, -0.05) is 12.1 Å². The lowest BCUT2D eigenvalue weighted by Gasteiger charge is -2.08. The van der Waals surface area contributed by atoms with Gasteiger partial charge in [-0.25, -0.2) is 13.9 Å². The summed E-state index contributed by atoms with van der Waals surface area (Å²) in [6.45, 7) is 1.61. The van der Waals surface area contributed by atoms with Crippen molar-refractivity contribution >= 4 is 5.97 Å². The monoisotopic (exact) mass is 262 g/mol. The van der Waals surface area contributed by atoms with Gasteiger partial charge in [-0.2, -0.15) is 5.10 Å². The van der Waals surface area contributed by atoms with Crippen molar-refractivity contribution in [1.82, 2.24) is 9.78 Å². The molecule has 2 rings (SSSR count). The first-order valence-corrected chi connectivity index (χ1v) is 5.48. The van der Waals surface area contributed by atoms with E-state index in [0.717, 1.165) is 17.9 Å². The molecule has 0 bridgehead atoms. The number of esters is 1. The Balaban J connectivity index is 2.61. The Morgan fingerprint density at radius 3 is 2.79 bits per heavy atom. The molecule has 0 radical (unpaired) electrons. The van der Waals surface area contributed by atoms with Crippen molar-refractivity contribution in [1.29, 1.82) is 0 Å². The van der Waals surface area contributed by atoms with E-state index in [1.54, 1.807) is 19.1 Å². The van der Waals surface area contributed by atoms with Crippen LogP contribution in [0.3, 0.4) is 0 Å². The van der Waals surface area contributed by atoms with E-state index in [9.17, 15) is 14.0 Å². The zero-order valence-corrected chi connectivity index (χ0v) is 10.4. The number of methoxy groups -OCH3 is 1. The highest BCUT2D eigenvalue weighted by Gasteiger charge is 2.15. The Hall–Kier alpha value is -2.50. The average Bonchev–Trinajstić information content (AvgIpc) is 2.42. The van der Waals surface area contributed by atoms with Crippen LogP contribution in [-0.2, 0) is 4.74 Å². The second kappa shape index (κ2) is 5.01. The molecule has 0 aliphatic carbocycles. The van der Waals surface area contributed by atoms with Crippen molar-refractivity contribution in [3.63, 3.8) is 0 Å². The second-order valence-corrected chi connectivity index (χ2v) is 3.87. The molecular formula is C13H11FN2O3. The second-order valence-electron chi connectivity index (χ2n) is 3.87. The summed E-state index contributed by atoms with van der Waals surface area (Å²) in [7, 11) is 1.15. The molecule has 5 nitrogen and oxygen atoms in total. The number of aromatic nitrogens is 2. The normalized spacial score (nSPS) is 10.3. The van der Waals surface area contributed by atoms with Gasteiger partial charge in [0.05, 0.1) is 7.11 Å². The molecule has 0 N–H and O–H groups in total. The highest BCUT2D eigenvalue weighted by atomic mass is 19.1. The molecule has 19 heavy (non-hydrogen) atoms. The number of rotatable bonds is 2. The van der Waals surface area contributed by atoms with Crippen LogP contribution < -0.4 is 5.43 Å². The zero-order chi connectivity index (χ0) is 14.0. The Bertz CT molecular complexity index is 695. The summed E-state index contributed by atoms with van der Waals surface area (Å²) in [6.07, 6.45) is 1.30. The molecule has 0 saturated heterocycles. The van der Waals surface area contributed by atoms with E-state index in [0.29, 0.717) is 5.56 Å². The topological polar surface area (TPSA) is 61.2 Å². The first kappa shape index (κ1) is 12.9. The molecule has 0 aliphatic heterocycles. The van der Waals surface area contributed by atoms with Crippen LogP contribution in [0.1, 0.15) is 16.1 Å². The van der Waals surface area contributed by atoms with Crippen LogP contribution in [0.25, 0.3) is 5.69 Å². The molecule has 0 aliphatic rings. The molecule has 1 aromatic carbocycles. The van der Waals surface area contributed by atoms with Crippen molar-refractivity contribution in [2.24, 2.45) is 0 Å². The van der Waals surface area contributed by atoms with Crippen LogP contribution in [0.4, 0.5) is 4.39 Å². The lowest BCUT2D eigenvalue weighted by Crippen LogP contribution is -2.22. The van der Waals surface area contributed by atoms with Crippen molar-refractivity contribution in [3.05, 3.63) is 57.8 Å². The number of hydrogen-bond donors (Lipinski definition) is 0. The number of carbonyl (C=O) groups excluding carboxylic acids is 1. The lowest BCUT2D eigenvalue weighted by molar-refractivity contribution is 0.0590. The molecule has 0 fully saturated rings. The van der Waals surface area contributed by atoms with Gasteiger partial charge < -0.3 is 4.74 Å². The maximum Gasteiger partial charge on any atom is 0.362 e. The van der Waals surface area contributed by atoms with E-state index in [-0.39, 0.29) is 11.4 Å². The van der Waals surface area contributed by atoms with Crippen molar-refractivity contribution in [2.45, 2.75) is 6.92 Å². The number of aryl methyl sites for hydroxylation is 1. The first-order chi connectivity index (χ1) is 9.04. The Morgan fingerprint density at radius 1 is 1.37 bits per heavy atom. The summed E-state index contributed by atoms with van der Waals surface area (Å²) in [5.41, 5.74) is -0.357. The lowest BCUT2D eigenvalue weighted by atomic mass is 10.2. The summed E-state index contributed by atoms with van der Waals surface area (Å²) in [5, 5.41) is 3.80. The number of benzene rings is 1. The number of ether oxygens (including phenoxy) is 1. The maximum absolute atomic E-state index is 13.9. The van der Waals surface area contributed by atoms with Gasteiger partial charge in [0.2, 0.25) is 11.1 Å². The largest absolute Gasteiger partial charge is 0.464 e. The van der Waals surface area contributed by atoms with Crippen molar-refractivity contribution in [3.8, 4) is 5.69 Å². The van der Waals surface area contributed by atoms with Gasteiger partial charge in [0.15, 0.2) is 5.82 Å². The molecule has 6 heteroatoms. The van der Waals surface area contributed by atoms with Crippen LogP contribution in [0.2, 0.25) is 0 Å². The molecule has 0 unspecified atom stereocenters. The predicted octanol–water partition coefficient (Wildman–Crippen LogP) is 1.47. The molecule has 0 spiro atoms. The van der Waals surface area contributed by atoms with Crippen LogP contribution in [0, 0.1) is 12.7 Å². The van der Waals surface area contributed by atoms with Gasteiger partial charge in [-0.05, 0) is 18.6 Å². The standard InChI is InChI=1S/C13H11FN2O3/c1-8-4-3-5-9(11(8)14)16-7-6-10(17)12(15-16)13(18)19-2/h3-7H,1-2H3. The van der Waals surface area contributed by atoms with E-state index in [1.807, 2.05) is 0 Å². The molecule has 0 atom stereocenters. The molecule has 1 aromatic heterocycles. The third-order valence-corrected chi connectivity index (χ3v) is 2.61. The van der Waals surface area contributed by atoms with Gasteiger partial charge in [0.1, 0.15) is 5.69 Å². The fourth-order valence-electron chi connectivity index (χ4n) is 1.59. The van der Waals surface area contributed by atoms with E-state index in [2.05, 4.69) is 9.84 Å². The van der Waals surface area contributed by atoms with Crippen LogP contribution >= 0.6 is 0 Å². The van der Waals surface area contributed by atoms with Crippen LogP contribution in [0.15, 0.2) is 35.3 Å². The fraction of sp³-hybridized carbons (Fsp3) is 0.154. The van der Waals surface area contributed by atoms with Gasteiger partial charge >= 0.3 is 5.97 Å². The first-order valence-electron chi connectivity index (χ1n) is 5.48. The third kappa shape index (κ3) is 2.37. The van der Waals surface area contributed by atoms with E-state index in [4.69, 9.17) is 0 Å². The Morgan fingerprint density at radius 2 is 2.11 bits per heavy atom. The molecule has 1 heterocycles. The summed E-state index contributed by atoms with van der Waals surface area (Å²) in [5.74, 6) is -1.32. The van der Waals surface area contributed by atoms with E-state index < -0.39 is 17.2 Å². The minimum Gasteiger partial charge on any atom is -0.464 e. The molecule has 0 saturated carbocycles. The summed E-state index contributed by atoms with van der Waals surface area (Å²) < 4.78 is 19.5.